The number of anilines is 5. The van der Waals surface area contributed by atoms with Crippen molar-refractivity contribution in [2.75, 3.05) is 70.7 Å². The lowest BCUT2D eigenvalue weighted by Gasteiger charge is -2.35. The first-order chi connectivity index (χ1) is 18.3. The summed E-state index contributed by atoms with van der Waals surface area (Å²) in [6.45, 7) is 2.31. The van der Waals surface area contributed by atoms with Crippen LogP contribution in [-0.2, 0) is 0 Å². The van der Waals surface area contributed by atoms with Gasteiger partial charge in [-0.2, -0.15) is 0 Å². The van der Waals surface area contributed by atoms with Crippen LogP contribution in [0.2, 0.25) is 0 Å². The van der Waals surface area contributed by atoms with E-state index in [4.69, 9.17) is 5.11 Å². The Hall–Kier alpha value is -2.79. The van der Waals surface area contributed by atoms with Crippen molar-refractivity contribution < 1.29 is 18.7 Å². The molecule has 1 amide bonds. The van der Waals surface area contributed by atoms with Crippen molar-refractivity contribution in [2.24, 2.45) is 5.41 Å². The Morgan fingerprint density at radius 2 is 1.74 bits per heavy atom. The van der Waals surface area contributed by atoms with E-state index in [0.717, 1.165) is 43.0 Å². The van der Waals surface area contributed by atoms with E-state index in [1.165, 1.54) is 24.8 Å². The van der Waals surface area contributed by atoms with Crippen LogP contribution in [0, 0.1) is 5.41 Å². The number of hydrogen-bond acceptors (Lipinski definition) is 8. The zero-order chi connectivity index (χ0) is 26.8. The lowest BCUT2D eigenvalue weighted by atomic mass is 9.93. The van der Waals surface area contributed by atoms with Gasteiger partial charge in [0.1, 0.15) is 5.82 Å². The number of aliphatic hydroxyl groups is 1. The van der Waals surface area contributed by atoms with Gasteiger partial charge in [0.15, 0.2) is 5.82 Å². The molecule has 4 N–H and O–H groups in total. The van der Waals surface area contributed by atoms with E-state index in [1.807, 2.05) is 29.2 Å². The molecule has 2 saturated heterocycles. The standard InChI is InChI=1S/C27H36F2N6O2S/c1-30-21-4-5-23(31-24(21)35-14-10-27(28,29)11-15-35)32-25(37)20-3-2-19(33-38-17-16-36)18-22(20)34-12-8-26(6-7-26)9-13-34/h2-5,18,30,33,36H,6-17H2,1H3,(H,31,32,37). The summed E-state index contributed by atoms with van der Waals surface area (Å²) in [5.41, 5.74) is 3.56. The molecule has 2 aromatic rings. The van der Waals surface area contributed by atoms with Gasteiger partial charge in [-0.25, -0.2) is 13.8 Å². The molecule has 3 fully saturated rings. The van der Waals surface area contributed by atoms with Gasteiger partial charge in [0.2, 0.25) is 0 Å². The van der Waals surface area contributed by atoms with E-state index >= 15 is 0 Å². The molecular weight excluding hydrogens is 510 g/mol. The largest absolute Gasteiger partial charge is 0.395 e. The summed E-state index contributed by atoms with van der Waals surface area (Å²) in [4.78, 5) is 22.3. The van der Waals surface area contributed by atoms with Crippen molar-refractivity contribution in [1.29, 1.82) is 0 Å². The predicted octanol–water partition coefficient (Wildman–Crippen LogP) is 5.04. The van der Waals surface area contributed by atoms with Gasteiger partial charge in [0.05, 0.1) is 23.5 Å². The summed E-state index contributed by atoms with van der Waals surface area (Å²) in [7, 11) is 1.77. The number of carbonyl (C=O) groups excluding carboxylic acids is 1. The van der Waals surface area contributed by atoms with Crippen molar-refractivity contribution in [2.45, 2.75) is 44.4 Å². The van der Waals surface area contributed by atoms with Crippen molar-refractivity contribution in [3.8, 4) is 0 Å². The normalized spacial score (nSPS) is 19.8. The fourth-order valence-electron chi connectivity index (χ4n) is 5.31. The minimum Gasteiger partial charge on any atom is -0.395 e. The number of carbonyl (C=O) groups is 1. The molecule has 3 heterocycles. The Morgan fingerprint density at radius 3 is 2.39 bits per heavy atom. The van der Waals surface area contributed by atoms with Crippen molar-refractivity contribution in [3.63, 3.8) is 0 Å². The van der Waals surface area contributed by atoms with E-state index in [1.54, 1.807) is 13.1 Å². The first-order valence-corrected chi connectivity index (χ1v) is 14.3. The molecule has 1 aliphatic carbocycles. The Kier molecular flexibility index (Phi) is 7.85. The van der Waals surface area contributed by atoms with Crippen LogP contribution in [0.4, 0.5) is 37.5 Å². The number of nitrogens with zero attached hydrogens (tertiary/aromatic N) is 3. The first-order valence-electron chi connectivity index (χ1n) is 13.3. The fraction of sp³-hybridized carbons (Fsp3) is 0.556. The van der Waals surface area contributed by atoms with Gasteiger partial charge in [-0.05, 0) is 61.4 Å². The van der Waals surface area contributed by atoms with Crippen LogP contribution < -0.4 is 25.2 Å². The SMILES string of the molecule is CNc1ccc(NC(=O)c2ccc(NSCCO)cc2N2CCC3(CC2)CC3)nc1N1CCC(F)(F)CC1. The molecule has 0 bridgehead atoms. The Bertz CT molecular complexity index is 1140. The quantitative estimate of drug-likeness (QED) is 0.257. The molecular formula is C27H36F2N6O2S. The minimum absolute atomic E-state index is 0.0837. The van der Waals surface area contributed by atoms with Gasteiger partial charge in [0, 0.05) is 57.5 Å². The average molecular weight is 547 g/mol. The number of pyridine rings is 1. The number of rotatable bonds is 9. The van der Waals surface area contributed by atoms with Gasteiger partial charge in [-0.1, -0.05) is 11.9 Å². The number of hydrogen-bond donors (Lipinski definition) is 4. The molecule has 1 aromatic heterocycles. The average Bonchev–Trinajstić information content (AvgIpc) is 3.67. The lowest BCUT2D eigenvalue weighted by Crippen LogP contribution is -2.40. The number of nitrogens with one attached hydrogen (secondary N) is 3. The van der Waals surface area contributed by atoms with E-state index < -0.39 is 5.92 Å². The zero-order valence-electron chi connectivity index (χ0n) is 21.7. The van der Waals surface area contributed by atoms with Crippen molar-refractivity contribution in [3.05, 3.63) is 35.9 Å². The predicted molar refractivity (Wildman–Crippen MR) is 151 cm³/mol. The Labute approximate surface area is 226 Å². The Balaban J connectivity index is 1.36. The van der Waals surface area contributed by atoms with Crippen LogP contribution in [0.15, 0.2) is 30.3 Å². The molecule has 0 radical (unpaired) electrons. The third-order valence-electron chi connectivity index (χ3n) is 7.93. The van der Waals surface area contributed by atoms with E-state index in [-0.39, 0.29) is 38.4 Å². The van der Waals surface area contributed by atoms with Crippen LogP contribution >= 0.6 is 11.9 Å². The molecule has 1 spiro atoms. The molecule has 38 heavy (non-hydrogen) atoms. The summed E-state index contributed by atoms with van der Waals surface area (Å²) in [5.74, 6) is -1.41. The lowest BCUT2D eigenvalue weighted by molar-refractivity contribution is -0.0221. The molecule has 1 aromatic carbocycles. The van der Waals surface area contributed by atoms with Gasteiger partial charge < -0.3 is 30.3 Å². The van der Waals surface area contributed by atoms with Gasteiger partial charge in [-0.15, -0.1) is 0 Å². The maximum absolute atomic E-state index is 13.7. The summed E-state index contributed by atoms with van der Waals surface area (Å²) in [5, 5.41) is 15.1. The van der Waals surface area contributed by atoms with Crippen LogP contribution in [0.3, 0.4) is 0 Å². The summed E-state index contributed by atoms with van der Waals surface area (Å²) >= 11 is 1.42. The second kappa shape index (κ2) is 11.1. The maximum atomic E-state index is 13.7. The zero-order valence-corrected chi connectivity index (χ0v) is 22.5. The van der Waals surface area contributed by atoms with E-state index in [2.05, 4.69) is 25.2 Å². The smallest absolute Gasteiger partial charge is 0.258 e. The number of amides is 1. The van der Waals surface area contributed by atoms with E-state index in [9.17, 15) is 13.6 Å². The van der Waals surface area contributed by atoms with Crippen LogP contribution in [0.25, 0.3) is 0 Å². The number of piperidine rings is 2. The number of aliphatic hydroxyl groups excluding tert-OH is 1. The van der Waals surface area contributed by atoms with E-state index in [0.29, 0.717) is 28.4 Å². The van der Waals surface area contributed by atoms with Crippen molar-refractivity contribution in [1.82, 2.24) is 4.98 Å². The molecule has 11 heteroatoms. The highest BCUT2D eigenvalue weighted by Gasteiger charge is 2.44. The molecule has 3 aliphatic rings. The highest BCUT2D eigenvalue weighted by molar-refractivity contribution is 8.00. The third kappa shape index (κ3) is 6.09. The highest BCUT2D eigenvalue weighted by atomic mass is 32.2. The topological polar surface area (TPSA) is 92.8 Å². The highest BCUT2D eigenvalue weighted by Crippen LogP contribution is 2.54. The maximum Gasteiger partial charge on any atom is 0.258 e. The van der Waals surface area contributed by atoms with Crippen LogP contribution in [-0.4, -0.2) is 67.5 Å². The van der Waals surface area contributed by atoms with Gasteiger partial charge in [0.25, 0.3) is 11.8 Å². The Morgan fingerprint density at radius 1 is 1.03 bits per heavy atom. The van der Waals surface area contributed by atoms with Crippen molar-refractivity contribution >= 4 is 46.6 Å². The molecule has 1 saturated carbocycles. The van der Waals surface area contributed by atoms with Gasteiger partial charge >= 0.3 is 0 Å². The number of halogens is 2. The molecule has 206 valence electrons. The van der Waals surface area contributed by atoms with Crippen LogP contribution in [0.1, 0.15) is 48.9 Å². The molecule has 2 aliphatic heterocycles. The first kappa shape index (κ1) is 26.8. The fourth-order valence-corrected chi connectivity index (χ4v) is 5.80. The molecule has 5 rings (SSSR count). The summed E-state index contributed by atoms with van der Waals surface area (Å²) in [6, 6.07) is 9.23. The number of aromatic nitrogens is 1. The number of alkyl halides is 2. The molecule has 0 unspecified atom stereocenters. The number of benzene rings is 1. The molecule has 8 nitrogen and oxygen atoms in total. The van der Waals surface area contributed by atoms with Crippen LogP contribution in [0.5, 0.6) is 0 Å². The minimum atomic E-state index is -2.65. The second-order valence-electron chi connectivity index (χ2n) is 10.5. The monoisotopic (exact) mass is 546 g/mol. The van der Waals surface area contributed by atoms with Gasteiger partial charge in [-0.3, -0.25) is 4.79 Å². The third-order valence-corrected chi connectivity index (χ3v) is 8.69. The summed E-state index contributed by atoms with van der Waals surface area (Å²) in [6.07, 6.45) is 4.45. The molecule has 0 atom stereocenters. The summed E-state index contributed by atoms with van der Waals surface area (Å²) < 4.78 is 30.7. The second-order valence-corrected chi connectivity index (χ2v) is 11.4.